The molecule has 3 heterocycles. The maximum absolute atomic E-state index is 5.46. The van der Waals surface area contributed by atoms with Gasteiger partial charge in [0.15, 0.2) is 11.8 Å². The zero-order valence-electron chi connectivity index (χ0n) is 17.7. The molecule has 3 atom stereocenters. The van der Waals surface area contributed by atoms with E-state index in [-0.39, 0.29) is 0 Å². The molecule has 2 aliphatic rings. The second-order valence-corrected chi connectivity index (χ2v) is 8.43. The van der Waals surface area contributed by atoms with E-state index in [1.807, 2.05) is 12.1 Å². The van der Waals surface area contributed by atoms with Crippen LogP contribution >= 0.6 is 0 Å². The first-order valence-electron chi connectivity index (χ1n) is 11.2. The van der Waals surface area contributed by atoms with Crippen molar-refractivity contribution in [3.05, 3.63) is 35.8 Å². The molecule has 0 amide bonds. The van der Waals surface area contributed by atoms with Gasteiger partial charge < -0.3 is 15.1 Å². The van der Waals surface area contributed by atoms with Crippen molar-refractivity contribution < 1.29 is 4.42 Å². The first-order valence-corrected chi connectivity index (χ1v) is 11.2. The van der Waals surface area contributed by atoms with Gasteiger partial charge in [-0.3, -0.25) is 4.99 Å². The Labute approximate surface area is 173 Å². The van der Waals surface area contributed by atoms with Gasteiger partial charge in [-0.2, -0.15) is 5.10 Å². The highest BCUT2D eigenvalue weighted by Gasteiger charge is 2.25. The van der Waals surface area contributed by atoms with Crippen LogP contribution in [0.1, 0.15) is 63.4 Å². The number of fused-ring (bicyclic) bond motifs is 1. The SMILES string of the molecule is CCc1nc2n(n1)CC(NC(=NCCc1ccco1)NC1CCCCC1C)CC2. The molecule has 0 bridgehead atoms. The summed E-state index contributed by atoms with van der Waals surface area (Å²) in [6.45, 7) is 6.02. The van der Waals surface area contributed by atoms with E-state index in [1.54, 1.807) is 6.26 Å². The average molecular weight is 399 g/mol. The van der Waals surface area contributed by atoms with Crippen LogP contribution in [0.15, 0.2) is 27.8 Å². The standard InChI is InChI=1S/C22H34N6O/c1-3-20-26-21-11-10-17(15-28(21)27-20)24-22(23-13-12-18-8-6-14-29-18)25-19-9-5-4-7-16(19)2/h6,8,14,16-17,19H,3-5,7,9-13,15H2,1-2H3,(H2,23,24,25). The van der Waals surface area contributed by atoms with E-state index >= 15 is 0 Å². The summed E-state index contributed by atoms with van der Waals surface area (Å²) >= 11 is 0. The number of guanidine groups is 1. The molecule has 29 heavy (non-hydrogen) atoms. The third-order valence-electron chi connectivity index (χ3n) is 6.20. The van der Waals surface area contributed by atoms with Crippen LogP contribution < -0.4 is 10.6 Å². The Morgan fingerprint density at radius 2 is 2.17 bits per heavy atom. The number of nitrogens with zero attached hydrogens (tertiary/aromatic N) is 4. The van der Waals surface area contributed by atoms with Gasteiger partial charge in [0.25, 0.3) is 0 Å². The van der Waals surface area contributed by atoms with Crippen molar-refractivity contribution in [2.45, 2.75) is 83.8 Å². The first-order chi connectivity index (χ1) is 14.2. The average Bonchev–Trinajstić information content (AvgIpc) is 3.38. The Hall–Kier alpha value is -2.31. The fourth-order valence-electron chi connectivity index (χ4n) is 4.39. The van der Waals surface area contributed by atoms with Crippen LogP contribution in [0.25, 0.3) is 0 Å². The maximum Gasteiger partial charge on any atom is 0.191 e. The highest BCUT2D eigenvalue weighted by molar-refractivity contribution is 5.80. The Kier molecular flexibility index (Phi) is 6.52. The summed E-state index contributed by atoms with van der Waals surface area (Å²) in [5.74, 6) is 4.66. The maximum atomic E-state index is 5.46. The lowest BCUT2D eigenvalue weighted by Crippen LogP contribution is -2.52. The van der Waals surface area contributed by atoms with Gasteiger partial charge in [-0.1, -0.05) is 26.7 Å². The zero-order chi connectivity index (χ0) is 20.1. The number of aromatic nitrogens is 3. The molecule has 0 spiro atoms. The minimum absolute atomic E-state index is 0.322. The smallest absolute Gasteiger partial charge is 0.191 e. The molecule has 1 aliphatic heterocycles. The molecule has 0 saturated heterocycles. The fourth-order valence-corrected chi connectivity index (χ4v) is 4.39. The van der Waals surface area contributed by atoms with Crippen molar-refractivity contribution >= 4 is 5.96 Å². The van der Waals surface area contributed by atoms with Crippen LogP contribution in [0.3, 0.4) is 0 Å². The number of rotatable bonds is 6. The number of furan rings is 1. The molecule has 2 N–H and O–H groups in total. The summed E-state index contributed by atoms with van der Waals surface area (Å²) in [6, 6.07) is 4.76. The van der Waals surface area contributed by atoms with Crippen molar-refractivity contribution in [3.63, 3.8) is 0 Å². The van der Waals surface area contributed by atoms with Gasteiger partial charge >= 0.3 is 0 Å². The van der Waals surface area contributed by atoms with Crippen LogP contribution in [0, 0.1) is 5.92 Å². The van der Waals surface area contributed by atoms with E-state index in [0.29, 0.717) is 24.5 Å². The minimum atomic E-state index is 0.322. The Bertz CT molecular complexity index is 796. The molecule has 0 aromatic carbocycles. The summed E-state index contributed by atoms with van der Waals surface area (Å²) in [6.07, 6.45) is 10.6. The highest BCUT2D eigenvalue weighted by Crippen LogP contribution is 2.23. The quantitative estimate of drug-likeness (QED) is 0.577. The summed E-state index contributed by atoms with van der Waals surface area (Å²) < 4.78 is 7.53. The molecule has 2 aromatic rings. The lowest BCUT2D eigenvalue weighted by Gasteiger charge is -2.33. The molecule has 1 saturated carbocycles. The molecule has 1 fully saturated rings. The fraction of sp³-hybridized carbons (Fsp3) is 0.682. The van der Waals surface area contributed by atoms with E-state index in [4.69, 9.17) is 9.41 Å². The molecular formula is C22H34N6O. The molecule has 4 rings (SSSR count). The Morgan fingerprint density at radius 3 is 2.97 bits per heavy atom. The number of hydrogen-bond donors (Lipinski definition) is 2. The van der Waals surface area contributed by atoms with E-state index in [0.717, 1.165) is 55.6 Å². The van der Waals surface area contributed by atoms with Crippen molar-refractivity contribution in [1.82, 2.24) is 25.4 Å². The molecule has 1 aliphatic carbocycles. The Morgan fingerprint density at radius 1 is 1.28 bits per heavy atom. The predicted octanol–water partition coefficient (Wildman–Crippen LogP) is 3.10. The van der Waals surface area contributed by atoms with Gasteiger partial charge in [-0.15, -0.1) is 0 Å². The second kappa shape index (κ2) is 9.46. The van der Waals surface area contributed by atoms with Crippen LogP contribution in [-0.4, -0.2) is 39.4 Å². The Balaban J connectivity index is 1.41. The van der Waals surface area contributed by atoms with Gasteiger partial charge in [0.1, 0.15) is 11.6 Å². The predicted molar refractivity (Wildman–Crippen MR) is 114 cm³/mol. The number of hydrogen-bond acceptors (Lipinski definition) is 4. The van der Waals surface area contributed by atoms with E-state index in [1.165, 1.54) is 25.7 Å². The molecular weight excluding hydrogens is 364 g/mol. The van der Waals surface area contributed by atoms with Crippen LogP contribution in [0.2, 0.25) is 0 Å². The third-order valence-corrected chi connectivity index (χ3v) is 6.20. The zero-order valence-corrected chi connectivity index (χ0v) is 17.7. The number of aryl methyl sites for hydroxylation is 2. The highest BCUT2D eigenvalue weighted by atomic mass is 16.3. The summed E-state index contributed by atoms with van der Waals surface area (Å²) in [4.78, 5) is 9.52. The van der Waals surface area contributed by atoms with Crippen LogP contribution in [-0.2, 0) is 25.8 Å². The molecule has 7 heteroatoms. The minimum Gasteiger partial charge on any atom is -0.469 e. The van der Waals surface area contributed by atoms with Gasteiger partial charge in [0.05, 0.1) is 12.8 Å². The normalized spacial score (nSPS) is 24.9. The molecule has 7 nitrogen and oxygen atoms in total. The molecule has 0 radical (unpaired) electrons. The second-order valence-electron chi connectivity index (χ2n) is 8.43. The van der Waals surface area contributed by atoms with Crippen LogP contribution in [0.5, 0.6) is 0 Å². The largest absolute Gasteiger partial charge is 0.469 e. The lowest BCUT2D eigenvalue weighted by atomic mass is 9.86. The van der Waals surface area contributed by atoms with Crippen LogP contribution in [0.4, 0.5) is 0 Å². The summed E-state index contributed by atoms with van der Waals surface area (Å²) in [5, 5.41) is 12.1. The van der Waals surface area contributed by atoms with Crippen molar-refractivity contribution in [3.8, 4) is 0 Å². The van der Waals surface area contributed by atoms with Crippen molar-refractivity contribution in [2.75, 3.05) is 6.54 Å². The lowest BCUT2D eigenvalue weighted by molar-refractivity contribution is 0.303. The van der Waals surface area contributed by atoms with E-state index < -0.39 is 0 Å². The molecule has 2 aromatic heterocycles. The summed E-state index contributed by atoms with van der Waals surface area (Å²) in [7, 11) is 0. The van der Waals surface area contributed by atoms with Gasteiger partial charge in [0.2, 0.25) is 0 Å². The summed E-state index contributed by atoms with van der Waals surface area (Å²) in [5.41, 5.74) is 0. The van der Waals surface area contributed by atoms with Crippen molar-refractivity contribution in [1.29, 1.82) is 0 Å². The monoisotopic (exact) mass is 398 g/mol. The van der Waals surface area contributed by atoms with E-state index in [2.05, 4.69) is 39.2 Å². The molecule has 3 unspecified atom stereocenters. The molecule has 158 valence electrons. The third kappa shape index (κ3) is 5.19. The topological polar surface area (TPSA) is 80.3 Å². The number of aliphatic imine (C=N–C) groups is 1. The van der Waals surface area contributed by atoms with Gasteiger partial charge in [-0.05, 0) is 37.3 Å². The number of nitrogens with one attached hydrogen (secondary N) is 2. The first kappa shape index (κ1) is 20.0. The van der Waals surface area contributed by atoms with Gasteiger partial charge in [0, 0.05) is 37.9 Å². The van der Waals surface area contributed by atoms with Gasteiger partial charge in [-0.25, -0.2) is 9.67 Å². The van der Waals surface area contributed by atoms with E-state index in [9.17, 15) is 0 Å². The van der Waals surface area contributed by atoms with Crippen molar-refractivity contribution in [2.24, 2.45) is 10.9 Å².